The number of H-pyrrole nitrogens is 1. The molecule has 2 aromatic rings. The zero-order valence-electron chi connectivity index (χ0n) is 8.92. The molecule has 2 N–H and O–H groups in total. The van der Waals surface area contributed by atoms with Crippen LogP contribution in [0.3, 0.4) is 0 Å². The molecule has 1 aromatic heterocycles. The first-order valence-electron chi connectivity index (χ1n) is 4.84. The van der Waals surface area contributed by atoms with Gasteiger partial charge in [-0.05, 0) is 19.1 Å². The average Bonchev–Trinajstić information content (AvgIpc) is 2.63. The smallest absolute Gasteiger partial charge is 0.259 e. The van der Waals surface area contributed by atoms with Gasteiger partial charge in [0, 0.05) is 17.8 Å². The molecule has 0 fully saturated rings. The van der Waals surface area contributed by atoms with Crippen LogP contribution in [0.15, 0.2) is 24.3 Å². The summed E-state index contributed by atoms with van der Waals surface area (Å²) in [5, 5.41) is 8.80. The van der Waals surface area contributed by atoms with Gasteiger partial charge in [-0.3, -0.25) is 9.89 Å². The molecule has 0 aliphatic rings. The summed E-state index contributed by atoms with van der Waals surface area (Å²) in [5.74, 6) is -2.02. The molecule has 4 nitrogen and oxygen atoms in total. The Morgan fingerprint density at radius 2 is 2.12 bits per heavy atom. The summed E-state index contributed by atoms with van der Waals surface area (Å²) in [6, 6.07) is 4.36. The zero-order valence-corrected chi connectivity index (χ0v) is 8.92. The van der Waals surface area contributed by atoms with E-state index in [0.717, 1.165) is 17.8 Å². The Morgan fingerprint density at radius 3 is 2.71 bits per heavy atom. The molecule has 1 amide bonds. The first-order valence-corrected chi connectivity index (χ1v) is 4.84. The number of halogens is 2. The van der Waals surface area contributed by atoms with Gasteiger partial charge in [-0.25, -0.2) is 8.78 Å². The molecule has 2 rings (SSSR count). The van der Waals surface area contributed by atoms with Crippen molar-refractivity contribution in [1.82, 2.24) is 10.2 Å². The fraction of sp³-hybridized carbons (Fsp3) is 0.0909. The zero-order chi connectivity index (χ0) is 12.4. The number of nitrogens with one attached hydrogen (secondary N) is 2. The minimum absolute atomic E-state index is 0.230. The van der Waals surface area contributed by atoms with E-state index in [0.29, 0.717) is 6.07 Å². The molecule has 0 saturated carbocycles. The number of rotatable bonds is 2. The number of anilines is 1. The number of carbonyl (C=O) groups is 1. The molecule has 0 saturated heterocycles. The molecule has 0 unspecified atom stereocenters. The van der Waals surface area contributed by atoms with Crippen LogP contribution in [0.5, 0.6) is 0 Å². The molecule has 1 heterocycles. The van der Waals surface area contributed by atoms with Gasteiger partial charge in [-0.1, -0.05) is 0 Å². The third kappa shape index (κ3) is 2.47. The highest BCUT2D eigenvalue weighted by Gasteiger charge is 2.13. The summed E-state index contributed by atoms with van der Waals surface area (Å²) in [6.45, 7) is 1.77. The normalized spacial score (nSPS) is 10.3. The van der Waals surface area contributed by atoms with Gasteiger partial charge in [-0.2, -0.15) is 5.10 Å². The van der Waals surface area contributed by atoms with Crippen LogP contribution in [0.2, 0.25) is 0 Å². The Labute approximate surface area is 95.7 Å². The summed E-state index contributed by atoms with van der Waals surface area (Å²) in [5.41, 5.74) is 0.534. The van der Waals surface area contributed by atoms with Crippen LogP contribution in [-0.4, -0.2) is 16.1 Å². The minimum atomic E-state index is -0.908. The third-order valence-corrected chi connectivity index (χ3v) is 2.12. The number of aromatic nitrogens is 2. The molecule has 0 aliphatic carbocycles. The molecule has 0 spiro atoms. The Bertz CT molecular complexity index is 566. The molecule has 6 heteroatoms. The van der Waals surface area contributed by atoms with Crippen LogP contribution >= 0.6 is 0 Å². The highest BCUT2D eigenvalue weighted by Crippen LogP contribution is 2.12. The van der Waals surface area contributed by atoms with Crippen LogP contribution < -0.4 is 5.32 Å². The van der Waals surface area contributed by atoms with Gasteiger partial charge in [0.1, 0.15) is 11.6 Å². The second-order valence-corrected chi connectivity index (χ2v) is 3.51. The van der Waals surface area contributed by atoms with Crippen molar-refractivity contribution in [3.8, 4) is 0 Å². The van der Waals surface area contributed by atoms with Gasteiger partial charge in [0.25, 0.3) is 5.91 Å². The number of aromatic amines is 1. The van der Waals surface area contributed by atoms with E-state index in [1.807, 2.05) is 0 Å². The Hall–Kier alpha value is -2.24. The first-order chi connectivity index (χ1) is 8.06. The summed E-state index contributed by atoms with van der Waals surface area (Å²) < 4.78 is 25.9. The van der Waals surface area contributed by atoms with Crippen molar-refractivity contribution in [2.24, 2.45) is 0 Å². The van der Waals surface area contributed by atoms with Crippen LogP contribution in [0.1, 0.15) is 16.1 Å². The lowest BCUT2D eigenvalue weighted by Crippen LogP contribution is -2.14. The van der Waals surface area contributed by atoms with Crippen molar-refractivity contribution in [2.45, 2.75) is 6.92 Å². The molecule has 0 bridgehead atoms. The molecule has 0 radical (unpaired) electrons. The van der Waals surface area contributed by atoms with Crippen molar-refractivity contribution in [3.63, 3.8) is 0 Å². The third-order valence-electron chi connectivity index (χ3n) is 2.12. The number of benzene rings is 1. The standard InChI is InChI=1S/C11H9F2N3O/c1-6-4-10(16-15-6)14-11(17)8-3-2-7(12)5-9(8)13/h2-5H,1H3,(H2,14,15,16,17). The number of carbonyl (C=O) groups excluding carboxylic acids is 1. The second-order valence-electron chi connectivity index (χ2n) is 3.51. The van der Waals surface area contributed by atoms with E-state index in [1.54, 1.807) is 13.0 Å². The number of nitrogens with zero attached hydrogens (tertiary/aromatic N) is 1. The SMILES string of the molecule is Cc1cc(NC(=O)c2ccc(F)cc2F)n[nH]1. The average molecular weight is 237 g/mol. The monoisotopic (exact) mass is 237 g/mol. The van der Waals surface area contributed by atoms with E-state index >= 15 is 0 Å². The van der Waals surface area contributed by atoms with E-state index < -0.39 is 17.5 Å². The quantitative estimate of drug-likeness (QED) is 0.841. The van der Waals surface area contributed by atoms with E-state index in [4.69, 9.17) is 0 Å². The molecule has 17 heavy (non-hydrogen) atoms. The van der Waals surface area contributed by atoms with Crippen molar-refractivity contribution >= 4 is 11.7 Å². The number of amides is 1. The minimum Gasteiger partial charge on any atom is -0.305 e. The second kappa shape index (κ2) is 4.32. The van der Waals surface area contributed by atoms with E-state index in [9.17, 15) is 13.6 Å². The van der Waals surface area contributed by atoms with Crippen molar-refractivity contribution in [3.05, 3.63) is 47.2 Å². The van der Waals surface area contributed by atoms with Crippen molar-refractivity contribution in [2.75, 3.05) is 5.32 Å². The van der Waals surface area contributed by atoms with E-state index in [-0.39, 0.29) is 11.4 Å². The largest absolute Gasteiger partial charge is 0.305 e. The van der Waals surface area contributed by atoms with Gasteiger partial charge < -0.3 is 5.32 Å². The topological polar surface area (TPSA) is 57.8 Å². The molecule has 88 valence electrons. The molecule has 1 aromatic carbocycles. The maximum atomic E-state index is 13.3. The van der Waals surface area contributed by atoms with Gasteiger partial charge in [0.2, 0.25) is 0 Å². The number of aryl methyl sites for hydroxylation is 1. The lowest BCUT2D eigenvalue weighted by Gasteiger charge is -2.02. The van der Waals surface area contributed by atoms with Crippen molar-refractivity contribution < 1.29 is 13.6 Å². The summed E-state index contributed by atoms with van der Waals surface area (Å²) in [6.07, 6.45) is 0. The van der Waals surface area contributed by atoms with Crippen LogP contribution in [-0.2, 0) is 0 Å². The molecular weight excluding hydrogens is 228 g/mol. The maximum absolute atomic E-state index is 13.3. The summed E-state index contributed by atoms with van der Waals surface area (Å²) >= 11 is 0. The first kappa shape index (κ1) is 11.3. The van der Waals surface area contributed by atoms with Gasteiger partial charge >= 0.3 is 0 Å². The Morgan fingerprint density at radius 1 is 1.35 bits per heavy atom. The van der Waals surface area contributed by atoms with Crippen LogP contribution in [0.25, 0.3) is 0 Å². The highest BCUT2D eigenvalue weighted by atomic mass is 19.1. The van der Waals surface area contributed by atoms with E-state index in [1.165, 1.54) is 0 Å². The summed E-state index contributed by atoms with van der Waals surface area (Å²) in [7, 11) is 0. The van der Waals surface area contributed by atoms with Crippen molar-refractivity contribution in [1.29, 1.82) is 0 Å². The molecule has 0 aliphatic heterocycles. The Kier molecular flexibility index (Phi) is 2.86. The Balaban J connectivity index is 2.20. The van der Waals surface area contributed by atoms with E-state index in [2.05, 4.69) is 15.5 Å². The molecular formula is C11H9F2N3O. The predicted molar refractivity (Wildman–Crippen MR) is 57.6 cm³/mol. The number of hydrogen-bond acceptors (Lipinski definition) is 2. The lowest BCUT2D eigenvalue weighted by molar-refractivity contribution is 0.102. The van der Waals surface area contributed by atoms with Gasteiger partial charge in [0.05, 0.1) is 5.56 Å². The number of hydrogen-bond donors (Lipinski definition) is 2. The molecule has 0 atom stereocenters. The lowest BCUT2D eigenvalue weighted by atomic mass is 10.2. The van der Waals surface area contributed by atoms with Crippen LogP contribution in [0, 0.1) is 18.6 Å². The van der Waals surface area contributed by atoms with Gasteiger partial charge in [-0.15, -0.1) is 0 Å². The highest BCUT2D eigenvalue weighted by molar-refractivity contribution is 6.03. The van der Waals surface area contributed by atoms with Gasteiger partial charge in [0.15, 0.2) is 5.82 Å². The maximum Gasteiger partial charge on any atom is 0.259 e. The fourth-order valence-corrected chi connectivity index (χ4v) is 1.34. The fourth-order valence-electron chi connectivity index (χ4n) is 1.34. The predicted octanol–water partition coefficient (Wildman–Crippen LogP) is 2.25. The van der Waals surface area contributed by atoms with Crippen LogP contribution in [0.4, 0.5) is 14.6 Å². The summed E-state index contributed by atoms with van der Waals surface area (Å²) in [4.78, 5) is 11.6.